The van der Waals surface area contributed by atoms with Crippen molar-refractivity contribution in [3.8, 4) is 6.07 Å². The van der Waals surface area contributed by atoms with E-state index in [-0.39, 0.29) is 5.60 Å². The van der Waals surface area contributed by atoms with Gasteiger partial charge in [-0.3, -0.25) is 5.32 Å². The first kappa shape index (κ1) is 14.8. The third kappa shape index (κ3) is 3.88. The van der Waals surface area contributed by atoms with Gasteiger partial charge in [-0.25, -0.2) is 0 Å². The molecule has 1 aliphatic rings. The highest BCUT2D eigenvalue weighted by molar-refractivity contribution is 5.12. The van der Waals surface area contributed by atoms with Crippen molar-refractivity contribution in [1.29, 1.82) is 5.26 Å². The quantitative estimate of drug-likeness (QED) is 0.340. The van der Waals surface area contributed by atoms with E-state index < -0.39 is 5.54 Å². The first-order valence-corrected chi connectivity index (χ1v) is 6.41. The van der Waals surface area contributed by atoms with E-state index in [1.807, 2.05) is 0 Å². The van der Waals surface area contributed by atoms with Gasteiger partial charge in [-0.2, -0.15) is 5.26 Å². The molecule has 0 amide bonds. The zero-order valence-corrected chi connectivity index (χ0v) is 11.1. The molecular formula is C12H21N5O. The zero-order valence-electron chi connectivity index (χ0n) is 11.1. The largest absolute Gasteiger partial charge is 0.375 e. The van der Waals surface area contributed by atoms with Crippen LogP contribution in [0.25, 0.3) is 10.4 Å². The lowest BCUT2D eigenvalue weighted by Gasteiger charge is -2.42. The highest BCUT2D eigenvalue weighted by atomic mass is 16.5. The van der Waals surface area contributed by atoms with E-state index in [2.05, 4.69) is 35.3 Å². The Labute approximate surface area is 108 Å². The molecule has 1 saturated heterocycles. The van der Waals surface area contributed by atoms with E-state index in [4.69, 9.17) is 10.3 Å². The van der Waals surface area contributed by atoms with Gasteiger partial charge < -0.3 is 4.74 Å². The van der Waals surface area contributed by atoms with Crippen LogP contribution in [0.1, 0.15) is 39.5 Å². The summed E-state index contributed by atoms with van der Waals surface area (Å²) in [5.41, 5.74) is 7.46. The Balaban J connectivity index is 2.52. The summed E-state index contributed by atoms with van der Waals surface area (Å²) in [4.78, 5) is 2.71. The lowest BCUT2D eigenvalue weighted by molar-refractivity contribution is -0.0902. The van der Waals surface area contributed by atoms with Crippen LogP contribution in [0.4, 0.5) is 0 Å². The van der Waals surface area contributed by atoms with E-state index in [1.54, 1.807) is 0 Å². The first-order chi connectivity index (χ1) is 8.60. The van der Waals surface area contributed by atoms with E-state index in [9.17, 15) is 5.26 Å². The molecule has 1 aliphatic heterocycles. The normalized spacial score (nSPS) is 31.4. The van der Waals surface area contributed by atoms with Crippen molar-refractivity contribution in [2.75, 3.05) is 19.7 Å². The van der Waals surface area contributed by atoms with Crippen LogP contribution in [0, 0.1) is 11.3 Å². The summed E-state index contributed by atoms with van der Waals surface area (Å²) in [5.74, 6) is 0. The minimum atomic E-state index is -0.501. The second kappa shape index (κ2) is 6.60. The van der Waals surface area contributed by atoms with E-state index in [1.165, 1.54) is 0 Å². The van der Waals surface area contributed by atoms with Crippen molar-refractivity contribution in [3.63, 3.8) is 0 Å². The average molecular weight is 251 g/mol. The Morgan fingerprint density at radius 1 is 1.61 bits per heavy atom. The second-order valence-corrected chi connectivity index (χ2v) is 5.01. The number of azide groups is 1. The van der Waals surface area contributed by atoms with Gasteiger partial charge >= 0.3 is 0 Å². The molecule has 2 atom stereocenters. The zero-order chi connectivity index (χ0) is 13.5. The average Bonchev–Trinajstić information content (AvgIpc) is 2.39. The van der Waals surface area contributed by atoms with E-state index in [0.29, 0.717) is 32.5 Å². The molecule has 0 bridgehead atoms. The van der Waals surface area contributed by atoms with Gasteiger partial charge in [0, 0.05) is 24.3 Å². The lowest BCUT2D eigenvalue weighted by Crippen LogP contribution is -2.55. The number of hydrogen-bond acceptors (Lipinski definition) is 4. The predicted molar refractivity (Wildman–Crippen MR) is 68.9 cm³/mol. The monoisotopic (exact) mass is 251 g/mol. The number of hydrogen-bond donors (Lipinski definition) is 1. The maximum Gasteiger partial charge on any atom is 0.111 e. The number of rotatable bonds is 6. The van der Waals surface area contributed by atoms with Crippen molar-refractivity contribution in [2.45, 2.75) is 50.7 Å². The molecule has 0 aromatic rings. The Morgan fingerprint density at radius 3 is 3.00 bits per heavy atom. The van der Waals surface area contributed by atoms with Gasteiger partial charge in [-0.1, -0.05) is 12.0 Å². The standard InChI is InChI=1S/C12H21N5O/c1-3-11(2)9-12(10-13,5-8-18-11)15-6-4-7-16-17-14/h15H,3-9H2,1-2H3. The fraction of sp³-hybridized carbons (Fsp3) is 0.917. The van der Waals surface area contributed by atoms with Gasteiger partial charge in [0.15, 0.2) is 0 Å². The first-order valence-electron chi connectivity index (χ1n) is 6.41. The molecule has 0 aliphatic carbocycles. The van der Waals surface area contributed by atoms with E-state index >= 15 is 0 Å². The summed E-state index contributed by atoms with van der Waals surface area (Å²) < 4.78 is 5.76. The highest BCUT2D eigenvalue weighted by Crippen LogP contribution is 2.34. The van der Waals surface area contributed by atoms with E-state index in [0.717, 1.165) is 12.8 Å². The van der Waals surface area contributed by atoms with Crippen LogP contribution in [-0.4, -0.2) is 30.8 Å². The fourth-order valence-electron chi connectivity index (χ4n) is 2.28. The third-order valence-electron chi connectivity index (χ3n) is 3.58. The topological polar surface area (TPSA) is 93.8 Å². The Kier molecular flexibility index (Phi) is 5.42. The highest BCUT2D eigenvalue weighted by Gasteiger charge is 2.42. The summed E-state index contributed by atoms with van der Waals surface area (Å²) in [6.07, 6.45) is 3.06. The van der Waals surface area contributed by atoms with Crippen molar-refractivity contribution in [1.82, 2.24) is 5.32 Å². The summed E-state index contributed by atoms with van der Waals surface area (Å²) in [6.45, 7) is 5.90. The number of nitrogens with one attached hydrogen (secondary N) is 1. The van der Waals surface area contributed by atoms with Crippen molar-refractivity contribution in [2.24, 2.45) is 5.11 Å². The van der Waals surface area contributed by atoms with Crippen LogP contribution in [0.2, 0.25) is 0 Å². The molecule has 1 N–H and O–H groups in total. The molecule has 0 saturated carbocycles. The summed E-state index contributed by atoms with van der Waals surface area (Å²) in [6, 6.07) is 2.40. The van der Waals surface area contributed by atoms with Crippen LogP contribution in [0.3, 0.4) is 0 Å². The van der Waals surface area contributed by atoms with Crippen molar-refractivity contribution in [3.05, 3.63) is 10.4 Å². The van der Waals surface area contributed by atoms with Gasteiger partial charge in [0.2, 0.25) is 0 Å². The van der Waals surface area contributed by atoms with Crippen molar-refractivity contribution < 1.29 is 4.74 Å². The Morgan fingerprint density at radius 2 is 2.39 bits per heavy atom. The van der Waals surface area contributed by atoms with Gasteiger partial charge in [0.1, 0.15) is 5.54 Å². The minimum Gasteiger partial charge on any atom is -0.375 e. The predicted octanol–water partition coefficient (Wildman–Crippen LogP) is 2.52. The fourth-order valence-corrected chi connectivity index (χ4v) is 2.28. The van der Waals surface area contributed by atoms with Crippen LogP contribution in [0.15, 0.2) is 5.11 Å². The van der Waals surface area contributed by atoms with Gasteiger partial charge in [-0.15, -0.1) is 0 Å². The minimum absolute atomic E-state index is 0.216. The molecule has 1 heterocycles. The second-order valence-electron chi connectivity index (χ2n) is 5.01. The smallest absolute Gasteiger partial charge is 0.111 e. The van der Waals surface area contributed by atoms with Crippen LogP contribution in [0.5, 0.6) is 0 Å². The third-order valence-corrected chi connectivity index (χ3v) is 3.58. The maximum absolute atomic E-state index is 9.42. The van der Waals surface area contributed by atoms with Gasteiger partial charge in [0.05, 0.1) is 18.3 Å². The molecule has 6 nitrogen and oxygen atoms in total. The van der Waals surface area contributed by atoms with Crippen LogP contribution in [-0.2, 0) is 4.74 Å². The number of nitriles is 1. The van der Waals surface area contributed by atoms with Crippen LogP contribution >= 0.6 is 0 Å². The molecule has 0 aromatic carbocycles. The maximum atomic E-state index is 9.42. The molecule has 100 valence electrons. The number of nitrogens with zero attached hydrogens (tertiary/aromatic N) is 4. The molecule has 6 heteroatoms. The van der Waals surface area contributed by atoms with Crippen molar-refractivity contribution >= 4 is 0 Å². The lowest BCUT2D eigenvalue weighted by atomic mass is 9.80. The van der Waals surface area contributed by atoms with Gasteiger partial charge in [0.25, 0.3) is 0 Å². The number of ether oxygens (including phenoxy) is 1. The molecule has 0 spiro atoms. The SMILES string of the molecule is CCC1(C)CC(C#N)(NCCCN=[N+]=[N-])CCO1. The summed E-state index contributed by atoms with van der Waals surface area (Å²) >= 11 is 0. The van der Waals surface area contributed by atoms with Crippen LogP contribution < -0.4 is 5.32 Å². The Hall–Kier alpha value is -1.28. The molecule has 18 heavy (non-hydrogen) atoms. The molecule has 1 rings (SSSR count). The molecular weight excluding hydrogens is 230 g/mol. The van der Waals surface area contributed by atoms with Gasteiger partial charge in [-0.05, 0) is 31.8 Å². The molecule has 1 fully saturated rings. The molecule has 0 radical (unpaired) electrons. The molecule has 2 unspecified atom stereocenters. The summed E-state index contributed by atoms with van der Waals surface area (Å²) in [5, 5.41) is 16.2. The summed E-state index contributed by atoms with van der Waals surface area (Å²) in [7, 11) is 0. The molecule has 0 aromatic heterocycles. The Bertz CT molecular complexity index is 360.